The van der Waals surface area contributed by atoms with E-state index in [0.29, 0.717) is 5.56 Å². The molecule has 4 nitrogen and oxygen atoms in total. The van der Waals surface area contributed by atoms with Crippen LogP contribution in [0.5, 0.6) is 0 Å². The minimum Gasteiger partial charge on any atom is -0.339 e. The molecule has 1 aromatic carbocycles. The quantitative estimate of drug-likeness (QED) is 0.923. The smallest absolute Gasteiger partial charge is 0.339 e. The maximum absolute atomic E-state index is 12.2. The molecule has 1 atom stereocenters. The van der Waals surface area contributed by atoms with Gasteiger partial charge in [-0.1, -0.05) is 30.3 Å². The molecule has 1 aliphatic rings. The highest BCUT2D eigenvalue weighted by Gasteiger charge is 2.34. The van der Waals surface area contributed by atoms with Gasteiger partial charge in [0, 0.05) is 12.3 Å². The van der Waals surface area contributed by atoms with Crippen molar-refractivity contribution in [2.75, 3.05) is 18.8 Å². The molecule has 8 heteroatoms. The Morgan fingerprint density at radius 3 is 2.52 bits per heavy atom. The summed E-state index contributed by atoms with van der Waals surface area (Å²) in [6, 6.07) is 7.79. The third-order valence-corrected chi connectivity index (χ3v) is 3.67. The molecule has 0 aromatic heterocycles. The van der Waals surface area contributed by atoms with Gasteiger partial charge >= 0.3 is 5.51 Å². The molecule has 2 amide bonds. The summed E-state index contributed by atoms with van der Waals surface area (Å²) in [6.45, 7) is -0.319. The molecule has 21 heavy (non-hydrogen) atoms. The second-order valence-electron chi connectivity index (χ2n) is 4.47. The predicted octanol–water partition coefficient (Wildman–Crippen LogP) is 1.94. The number of hydrogen-bond acceptors (Lipinski definition) is 3. The number of carbonyl (C=O) groups is 2. The van der Waals surface area contributed by atoms with Crippen LogP contribution in [0.2, 0.25) is 0 Å². The Labute approximate surface area is 123 Å². The second-order valence-corrected chi connectivity index (χ2v) is 5.63. The predicted molar refractivity (Wildman–Crippen MR) is 72.4 cm³/mol. The van der Waals surface area contributed by atoms with Crippen LogP contribution in [0, 0.1) is 0 Å². The maximum atomic E-state index is 12.2. The number of amides is 2. The standard InChI is InChI=1S/C13H13F3N2O2S/c14-13(15,16)21-7-6-18-8-10(19)17-11(12(18)20)9-4-2-1-3-5-9/h1-5,11H,6-8H2,(H,17,19). The monoisotopic (exact) mass is 318 g/mol. The summed E-state index contributed by atoms with van der Waals surface area (Å²) in [6.07, 6.45) is 0. The third kappa shape index (κ3) is 4.38. The Morgan fingerprint density at radius 2 is 1.90 bits per heavy atom. The normalized spacial score (nSPS) is 19.6. The maximum Gasteiger partial charge on any atom is 0.441 e. The summed E-state index contributed by atoms with van der Waals surface area (Å²) in [4.78, 5) is 25.0. The van der Waals surface area contributed by atoms with Crippen LogP contribution in [0.1, 0.15) is 11.6 Å². The van der Waals surface area contributed by atoms with E-state index in [1.807, 2.05) is 0 Å². The van der Waals surface area contributed by atoms with Gasteiger partial charge in [-0.3, -0.25) is 9.59 Å². The fraction of sp³-hybridized carbons (Fsp3) is 0.385. The average molecular weight is 318 g/mol. The van der Waals surface area contributed by atoms with Crippen molar-refractivity contribution < 1.29 is 22.8 Å². The first-order chi connectivity index (χ1) is 9.87. The molecule has 1 fully saturated rings. The first-order valence-corrected chi connectivity index (χ1v) is 7.19. The van der Waals surface area contributed by atoms with Gasteiger partial charge in [-0.05, 0) is 17.3 Å². The van der Waals surface area contributed by atoms with E-state index in [-0.39, 0.29) is 42.4 Å². The highest BCUT2D eigenvalue weighted by molar-refractivity contribution is 8.00. The molecule has 1 aromatic rings. The Kier molecular flexibility index (Phi) is 4.76. The van der Waals surface area contributed by atoms with Crippen molar-refractivity contribution in [2.24, 2.45) is 0 Å². The number of nitrogens with zero attached hydrogens (tertiary/aromatic N) is 1. The lowest BCUT2D eigenvalue weighted by Crippen LogP contribution is -2.53. The lowest BCUT2D eigenvalue weighted by atomic mass is 10.0. The number of halogens is 3. The van der Waals surface area contributed by atoms with E-state index in [1.165, 1.54) is 0 Å². The van der Waals surface area contributed by atoms with Crippen LogP contribution >= 0.6 is 11.8 Å². The first-order valence-electron chi connectivity index (χ1n) is 6.20. The first kappa shape index (κ1) is 15.7. The van der Waals surface area contributed by atoms with Crippen molar-refractivity contribution in [2.45, 2.75) is 11.6 Å². The molecule has 1 heterocycles. The molecular weight excluding hydrogens is 305 g/mol. The van der Waals surface area contributed by atoms with Gasteiger partial charge in [0.15, 0.2) is 0 Å². The Morgan fingerprint density at radius 1 is 1.24 bits per heavy atom. The summed E-state index contributed by atoms with van der Waals surface area (Å²) in [5.74, 6) is -1.05. The van der Waals surface area contributed by atoms with Gasteiger partial charge < -0.3 is 10.2 Å². The van der Waals surface area contributed by atoms with Crippen molar-refractivity contribution in [3.05, 3.63) is 35.9 Å². The number of carbonyl (C=O) groups excluding carboxylic acids is 2. The van der Waals surface area contributed by atoms with Gasteiger partial charge in [0.2, 0.25) is 11.8 Å². The van der Waals surface area contributed by atoms with Crippen LogP contribution in [0.4, 0.5) is 13.2 Å². The van der Waals surface area contributed by atoms with Crippen LogP contribution in [-0.4, -0.2) is 41.1 Å². The summed E-state index contributed by atoms with van der Waals surface area (Å²) < 4.78 is 36.3. The Balaban J connectivity index is 2.02. The van der Waals surface area contributed by atoms with E-state index in [2.05, 4.69) is 5.32 Å². The van der Waals surface area contributed by atoms with E-state index in [0.717, 1.165) is 4.90 Å². The van der Waals surface area contributed by atoms with Gasteiger partial charge in [-0.2, -0.15) is 13.2 Å². The highest BCUT2D eigenvalue weighted by atomic mass is 32.2. The molecule has 0 spiro atoms. The fourth-order valence-corrected chi connectivity index (χ4v) is 2.58. The molecule has 0 aliphatic carbocycles. The lowest BCUT2D eigenvalue weighted by Gasteiger charge is -2.32. The van der Waals surface area contributed by atoms with Gasteiger partial charge in [0.1, 0.15) is 6.04 Å². The lowest BCUT2D eigenvalue weighted by molar-refractivity contribution is -0.144. The molecule has 2 rings (SSSR count). The molecule has 1 N–H and O–H groups in total. The van der Waals surface area contributed by atoms with E-state index < -0.39 is 11.6 Å². The summed E-state index contributed by atoms with van der Waals surface area (Å²) in [7, 11) is 0. The van der Waals surface area contributed by atoms with Crippen molar-refractivity contribution in [1.82, 2.24) is 10.2 Å². The van der Waals surface area contributed by atoms with Crippen LogP contribution in [0.25, 0.3) is 0 Å². The van der Waals surface area contributed by atoms with Crippen molar-refractivity contribution in [3.63, 3.8) is 0 Å². The number of rotatable bonds is 4. The van der Waals surface area contributed by atoms with Crippen LogP contribution < -0.4 is 5.32 Å². The summed E-state index contributed by atoms with van der Waals surface area (Å²) >= 11 is -0.198. The minimum atomic E-state index is -4.33. The van der Waals surface area contributed by atoms with Gasteiger partial charge in [0.05, 0.1) is 6.54 Å². The molecule has 0 radical (unpaired) electrons. The zero-order valence-corrected chi connectivity index (χ0v) is 11.7. The van der Waals surface area contributed by atoms with Gasteiger partial charge in [-0.25, -0.2) is 0 Å². The number of thioether (sulfide) groups is 1. The summed E-state index contributed by atoms with van der Waals surface area (Å²) in [5.41, 5.74) is -3.72. The molecule has 0 saturated carbocycles. The van der Waals surface area contributed by atoms with Crippen LogP contribution in [0.3, 0.4) is 0 Å². The van der Waals surface area contributed by atoms with Gasteiger partial charge in [-0.15, -0.1) is 0 Å². The van der Waals surface area contributed by atoms with Crippen LogP contribution in [0.15, 0.2) is 30.3 Å². The number of hydrogen-bond donors (Lipinski definition) is 1. The Bertz CT molecular complexity index is 522. The Hall–Kier alpha value is -1.70. The van der Waals surface area contributed by atoms with E-state index >= 15 is 0 Å². The summed E-state index contributed by atoms with van der Waals surface area (Å²) in [5, 5.41) is 2.56. The molecule has 0 bridgehead atoms. The SMILES string of the molecule is O=C1CN(CCSC(F)(F)F)C(=O)C(c2ccccc2)N1. The zero-order chi connectivity index (χ0) is 15.5. The number of nitrogens with one attached hydrogen (secondary N) is 1. The topological polar surface area (TPSA) is 49.4 Å². The molecule has 1 unspecified atom stereocenters. The fourth-order valence-electron chi connectivity index (χ4n) is 2.03. The second kappa shape index (κ2) is 6.38. The van der Waals surface area contributed by atoms with Gasteiger partial charge in [0.25, 0.3) is 0 Å². The zero-order valence-electron chi connectivity index (χ0n) is 10.9. The van der Waals surface area contributed by atoms with E-state index in [1.54, 1.807) is 30.3 Å². The largest absolute Gasteiger partial charge is 0.441 e. The number of benzene rings is 1. The van der Waals surface area contributed by atoms with E-state index in [9.17, 15) is 22.8 Å². The average Bonchev–Trinajstić information content (AvgIpc) is 2.42. The van der Waals surface area contributed by atoms with E-state index in [4.69, 9.17) is 0 Å². The van der Waals surface area contributed by atoms with Crippen LogP contribution in [-0.2, 0) is 9.59 Å². The number of alkyl halides is 3. The molecule has 114 valence electrons. The van der Waals surface area contributed by atoms with Crippen molar-refractivity contribution in [1.29, 1.82) is 0 Å². The molecule has 1 saturated heterocycles. The third-order valence-electron chi connectivity index (χ3n) is 2.96. The minimum absolute atomic E-state index is 0.111. The highest BCUT2D eigenvalue weighted by Crippen LogP contribution is 2.30. The van der Waals surface area contributed by atoms with Crippen molar-refractivity contribution in [3.8, 4) is 0 Å². The molecule has 1 aliphatic heterocycles. The number of piperazine rings is 1. The van der Waals surface area contributed by atoms with Crippen molar-refractivity contribution >= 4 is 23.6 Å². The molecular formula is C13H13F3N2O2S.